The molecule has 0 saturated carbocycles. The number of benzene rings is 2. The summed E-state index contributed by atoms with van der Waals surface area (Å²) in [6.07, 6.45) is 6.75. The lowest BCUT2D eigenvalue weighted by Crippen LogP contribution is -2.07. The van der Waals surface area contributed by atoms with Crippen LogP contribution in [-0.2, 0) is 28.7 Å². The zero-order valence-electron chi connectivity index (χ0n) is 16.8. The Balaban J connectivity index is 1.47. The molecular weight excluding hydrogens is 364 g/mol. The van der Waals surface area contributed by atoms with Gasteiger partial charge in [-0.3, -0.25) is 0 Å². The average molecular weight is 392 g/mol. The third kappa shape index (κ3) is 5.72. The Morgan fingerprint density at radius 3 is 1.62 bits per heavy atom. The van der Waals surface area contributed by atoms with Crippen molar-refractivity contribution in [2.75, 3.05) is 26.4 Å². The fourth-order valence-corrected chi connectivity index (χ4v) is 3.33. The number of hydrogen-bond donors (Lipinski definition) is 0. The highest BCUT2D eigenvalue weighted by Crippen LogP contribution is 2.27. The van der Waals surface area contributed by atoms with Crippen LogP contribution in [0.2, 0.25) is 0 Å². The first-order chi connectivity index (χ1) is 14.2. The molecule has 2 aromatic carbocycles. The molecule has 4 rings (SSSR count). The van der Waals surface area contributed by atoms with Gasteiger partial charge in [0.2, 0.25) is 0 Å². The molecule has 0 N–H and O–H groups in total. The zero-order chi connectivity index (χ0) is 20.1. The van der Waals surface area contributed by atoms with Crippen molar-refractivity contribution in [3.8, 4) is 11.5 Å². The van der Waals surface area contributed by atoms with Crippen LogP contribution in [0.5, 0.6) is 11.5 Å². The first-order valence-corrected chi connectivity index (χ1v) is 10.2. The molecule has 2 aromatic rings. The summed E-state index contributed by atoms with van der Waals surface area (Å²) in [5.74, 6) is 1.84. The molecule has 0 aliphatic carbocycles. The lowest BCUT2D eigenvalue weighted by molar-refractivity contribution is 0.261. The van der Waals surface area contributed by atoms with E-state index in [4.69, 9.17) is 18.9 Å². The second-order valence-corrected chi connectivity index (χ2v) is 7.58. The van der Waals surface area contributed by atoms with E-state index in [2.05, 4.69) is 49.6 Å². The van der Waals surface area contributed by atoms with Gasteiger partial charge in [-0.05, 0) is 53.6 Å². The van der Waals surface area contributed by atoms with Crippen LogP contribution >= 0.6 is 0 Å². The minimum atomic E-state index is 0.252. The number of rotatable bonds is 12. The third-order valence-electron chi connectivity index (χ3n) is 5.04. The molecule has 2 unspecified atom stereocenters. The Morgan fingerprint density at radius 1 is 0.793 bits per heavy atom. The maximum absolute atomic E-state index is 5.93. The monoisotopic (exact) mass is 392 g/mol. The molecule has 4 heteroatoms. The highest BCUT2D eigenvalue weighted by molar-refractivity contribution is 5.43. The topological polar surface area (TPSA) is 43.5 Å². The maximum atomic E-state index is 5.93. The normalized spacial score (nSPS) is 19.4. The fraction of sp³-hybridized carbons (Fsp3) is 0.360. The van der Waals surface area contributed by atoms with E-state index in [0.717, 1.165) is 55.1 Å². The molecule has 2 atom stereocenters. The van der Waals surface area contributed by atoms with Crippen molar-refractivity contribution in [2.45, 2.75) is 31.5 Å². The molecule has 0 aromatic heterocycles. The quantitative estimate of drug-likeness (QED) is 0.399. The minimum Gasteiger partial charge on any atom is -0.490 e. The van der Waals surface area contributed by atoms with Crippen LogP contribution in [0.25, 0.3) is 0 Å². The molecule has 2 fully saturated rings. The van der Waals surface area contributed by atoms with Gasteiger partial charge in [0.25, 0.3) is 0 Å². The van der Waals surface area contributed by atoms with E-state index < -0.39 is 0 Å². The van der Waals surface area contributed by atoms with Gasteiger partial charge in [0.1, 0.15) is 36.9 Å². The second-order valence-electron chi connectivity index (χ2n) is 7.58. The molecule has 2 aliphatic rings. The van der Waals surface area contributed by atoms with Gasteiger partial charge in [-0.25, -0.2) is 0 Å². The van der Waals surface area contributed by atoms with Crippen LogP contribution in [0.3, 0.4) is 0 Å². The highest BCUT2D eigenvalue weighted by Gasteiger charge is 2.24. The number of allylic oxidation sites excluding steroid dienone is 2. The Hall–Kier alpha value is -2.56. The summed E-state index contributed by atoms with van der Waals surface area (Å²) in [6, 6.07) is 12.8. The molecule has 4 nitrogen and oxygen atoms in total. The third-order valence-corrected chi connectivity index (χ3v) is 5.04. The van der Waals surface area contributed by atoms with Crippen LogP contribution in [0, 0.1) is 0 Å². The summed E-state index contributed by atoms with van der Waals surface area (Å²) in [5.41, 5.74) is 4.82. The van der Waals surface area contributed by atoms with Gasteiger partial charge < -0.3 is 18.9 Å². The van der Waals surface area contributed by atoms with Crippen molar-refractivity contribution in [3.63, 3.8) is 0 Å². The smallest absolute Gasteiger partial charge is 0.122 e. The molecule has 2 saturated heterocycles. The fourth-order valence-electron chi connectivity index (χ4n) is 3.33. The largest absolute Gasteiger partial charge is 0.490 e. The SMILES string of the molecule is C=CCc1cc(Cc2ccc(OCC3CO3)c(CC=C)c2)ccc1OCC1CO1. The Morgan fingerprint density at radius 2 is 1.24 bits per heavy atom. The van der Waals surface area contributed by atoms with Gasteiger partial charge in [0, 0.05) is 0 Å². The summed E-state index contributed by atoms with van der Waals surface area (Å²) < 4.78 is 22.3. The lowest BCUT2D eigenvalue weighted by atomic mass is 9.98. The first kappa shape index (κ1) is 19.7. The zero-order valence-corrected chi connectivity index (χ0v) is 16.8. The number of ether oxygens (including phenoxy) is 4. The summed E-state index contributed by atoms with van der Waals surface area (Å²) in [4.78, 5) is 0. The van der Waals surface area contributed by atoms with Crippen LogP contribution in [0.15, 0.2) is 61.7 Å². The lowest BCUT2D eigenvalue weighted by Gasteiger charge is -2.14. The summed E-state index contributed by atoms with van der Waals surface area (Å²) >= 11 is 0. The van der Waals surface area contributed by atoms with Gasteiger partial charge in [-0.15, -0.1) is 13.2 Å². The molecule has 152 valence electrons. The van der Waals surface area contributed by atoms with Gasteiger partial charge in [-0.1, -0.05) is 36.4 Å². The Kier molecular flexibility index (Phi) is 6.33. The first-order valence-electron chi connectivity index (χ1n) is 10.2. The standard InChI is InChI=1S/C25H28O4/c1-3-5-20-12-18(7-9-24(20)28-16-22-14-26-22)11-19-8-10-25(21(13-19)6-4-2)29-17-23-15-27-23/h3-4,7-10,12-13,22-23H,1-2,5-6,11,14-17H2. The van der Waals surface area contributed by atoms with E-state index in [-0.39, 0.29) is 12.2 Å². The van der Waals surface area contributed by atoms with Crippen LogP contribution < -0.4 is 9.47 Å². The second kappa shape index (κ2) is 9.29. The maximum Gasteiger partial charge on any atom is 0.122 e. The van der Waals surface area contributed by atoms with Gasteiger partial charge >= 0.3 is 0 Å². The van der Waals surface area contributed by atoms with E-state index in [1.54, 1.807) is 0 Å². The van der Waals surface area contributed by atoms with Gasteiger partial charge in [0.15, 0.2) is 0 Å². The highest BCUT2D eigenvalue weighted by atomic mass is 16.6. The van der Waals surface area contributed by atoms with Crippen LogP contribution in [-0.4, -0.2) is 38.6 Å². The summed E-state index contributed by atoms with van der Waals surface area (Å²) in [7, 11) is 0. The molecule has 0 amide bonds. The van der Waals surface area contributed by atoms with Crippen molar-refractivity contribution < 1.29 is 18.9 Å². The van der Waals surface area contributed by atoms with E-state index in [0.29, 0.717) is 13.2 Å². The van der Waals surface area contributed by atoms with Crippen molar-refractivity contribution in [3.05, 3.63) is 84.0 Å². The number of hydrogen-bond acceptors (Lipinski definition) is 4. The van der Waals surface area contributed by atoms with Crippen LogP contribution in [0.1, 0.15) is 22.3 Å². The van der Waals surface area contributed by atoms with Crippen molar-refractivity contribution in [2.24, 2.45) is 0 Å². The average Bonchev–Trinajstić information content (AvgIpc) is 3.62. The Labute approximate surface area is 172 Å². The van der Waals surface area contributed by atoms with Gasteiger partial charge in [0.05, 0.1) is 13.2 Å². The van der Waals surface area contributed by atoms with Gasteiger partial charge in [-0.2, -0.15) is 0 Å². The van der Waals surface area contributed by atoms with E-state index in [9.17, 15) is 0 Å². The van der Waals surface area contributed by atoms with E-state index in [1.165, 1.54) is 11.1 Å². The molecule has 2 heterocycles. The van der Waals surface area contributed by atoms with Crippen molar-refractivity contribution in [1.82, 2.24) is 0 Å². The summed E-state index contributed by atoms with van der Waals surface area (Å²) in [5, 5.41) is 0. The predicted molar refractivity (Wildman–Crippen MR) is 114 cm³/mol. The van der Waals surface area contributed by atoms with Crippen molar-refractivity contribution in [1.29, 1.82) is 0 Å². The molecular formula is C25H28O4. The minimum absolute atomic E-state index is 0.252. The predicted octanol–water partition coefficient (Wildman–Crippen LogP) is 4.29. The molecule has 2 aliphatic heterocycles. The molecule has 0 bridgehead atoms. The van der Waals surface area contributed by atoms with Crippen molar-refractivity contribution >= 4 is 0 Å². The molecule has 0 radical (unpaired) electrons. The summed E-state index contributed by atoms with van der Waals surface area (Å²) in [6.45, 7) is 10.6. The Bertz CT molecular complexity index is 794. The number of epoxide rings is 2. The molecule has 29 heavy (non-hydrogen) atoms. The molecule has 0 spiro atoms. The van der Waals surface area contributed by atoms with E-state index >= 15 is 0 Å². The van der Waals surface area contributed by atoms with Crippen LogP contribution in [0.4, 0.5) is 0 Å². The van der Waals surface area contributed by atoms with E-state index in [1.807, 2.05) is 12.2 Å².